The van der Waals surface area contributed by atoms with E-state index in [1.54, 1.807) is 0 Å². The van der Waals surface area contributed by atoms with Gasteiger partial charge in [0.15, 0.2) is 0 Å². The zero-order valence-corrected chi connectivity index (χ0v) is 14.4. The summed E-state index contributed by atoms with van der Waals surface area (Å²) in [5, 5.41) is 3.41. The van der Waals surface area contributed by atoms with Crippen LogP contribution in [0.1, 0.15) is 57.6 Å². The SMILES string of the molecule is CNC1CCC(N(C)Cc2ccc(C(C)(C)C)cc2)CC1. The molecule has 1 saturated carbocycles. The van der Waals surface area contributed by atoms with Crippen LogP contribution in [0.25, 0.3) is 0 Å². The molecule has 2 heteroatoms. The highest BCUT2D eigenvalue weighted by Crippen LogP contribution is 2.25. The first-order chi connectivity index (χ1) is 9.90. The predicted octanol–water partition coefficient (Wildman–Crippen LogP) is 3.95. The van der Waals surface area contributed by atoms with E-state index in [0.29, 0.717) is 0 Å². The van der Waals surface area contributed by atoms with Gasteiger partial charge < -0.3 is 5.32 Å². The average Bonchev–Trinajstić information content (AvgIpc) is 2.47. The van der Waals surface area contributed by atoms with Gasteiger partial charge in [0.25, 0.3) is 0 Å². The topological polar surface area (TPSA) is 15.3 Å². The first kappa shape index (κ1) is 16.5. The molecule has 1 N–H and O–H groups in total. The van der Waals surface area contributed by atoms with E-state index in [1.165, 1.54) is 36.8 Å². The molecule has 0 saturated heterocycles. The average molecular weight is 288 g/mol. The molecule has 0 unspecified atom stereocenters. The maximum absolute atomic E-state index is 3.41. The van der Waals surface area contributed by atoms with E-state index in [4.69, 9.17) is 0 Å². The highest BCUT2D eigenvalue weighted by molar-refractivity contribution is 5.27. The van der Waals surface area contributed by atoms with E-state index in [2.05, 4.69) is 69.3 Å². The Balaban J connectivity index is 1.89. The summed E-state index contributed by atoms with van der Waals surface area (Å²) in [6, 6.07) is 10.7. The molecule has 21 heavy (non-hydrogen) atoms. The Hall–Kier alpha value is -0.860. The maximum Gasteiger partial charge on any atom is 0.0233 e. The number of nitrogens with zero attached hydrogens (tertiary/aromatic N) is 1. The van der Waals surface area contributed by atoms with Crippen LogP contribution in [0.15, 0.2) is 24.3 Å². The van der Waals surface area contributed by atoms with Crippen LogP contribution in [0, 0.1) is 0 Å². The van der Waals surface area contributed by atoms with Gasteiger partial charge >= 0.3 is 0 Å². The Labute approximate surface area is 130 Å². The van der Waals surface area contributed by atoms with E-state index in [-0.39, 0.29) is 5.41 Å². The molecule has 0 spiro atoms. The zero-order chi connectivity index (χ0) is 15.5. The van der Waals surface area contributed by atoms with Crippen LogP contribution >= 0.6 is 0 Å². The monoisotopic (exact) mass is 288 g/mol. The van der Waals surface area contributed by atoms with Crippen LogP contribution in [-0.4, -0.2) is 31.1 Å². The molecule has 118 valence electrons. The fourth-order valence-corrected chi connectivity index (χ4v) is 3.33. The summed E-state index contributed by atoms with van der Waals surface area (Å²) in [5.74, 6) is 0. The smallest absolute Gasteiger partial charge is 0.0233 e. The van der Waals surface area contributed by atoms with E-state index in [9.17, 15) is 0 Å². The fourth-order valence-electron chi connectivity index (χ4n) is 3.33. The Morgan fingerprint density at radius 2 is 1.62 bits per heavy atom. The van der Waals surface area contributed by atoms with Gasteiger partial charge in [-0.25, -0.2) is 0 Å². The molecule has 0 radical (unpaired) electrons. The molecule has 0 aliphatic heterocycles. The highest BCUT2D eigenvalue weighted by atomic mass is 15.1. The summed E-state index contributed by atoms with van der Waals surface area (Å²) in [5.41, 5.74) is 3.10. The number of nitrogens with one attached hydrogen (secondary N) is 1. The molecule has 1 aromatic carbocycles. The molecule has 1 aliphatic rings. The minimum absolute atomic E-state index is 0.246. The third-order valence-corrected chi connectivity index (χ3v) is 4.98. The van der Waals surface area contributed by atoms with Gasteiger partial charge in [-0.1, -0.05) is 45.0 Å². The second-order valence-electron chi connectivity index (χ2n) is 7.66. The fraction of sp³-hybridized carbons (Fsp3) is 0.684. The van der Waals surface area contributed by atoms with Crippen LogP contribution in [0.2, 0.25) is 0 Å². The molecule has 0 heterocycles. The van der Waals surface area contributed by atoms with Crippen LogP contribution in [-0.2, 0) is 12.0 Å². The van der Waals surface area contributed by atoms with E-state index < -0.39 is 0 Å². The zero-order valence-electron chi connectivity index (χ0n) is 14.4. The predicted molar refractivity (Wildman–Crippen MR) is 91.7 cm³/mol. The third kappa shape index (κ3) is 4.55. The lowest BCUT2D eigenvalue weighted by Crippen LogP contribution is -2.39. The van der Waals surface area contributed by atoms with Gasteiger partial charge in [-0.15, -0.1) is 0 Å². The minimum atomic E-state index is 0.246. The van der Waals surface area contributed by atoms with Crippen molar-refractivity contribution >= 4 is 0 Å². The summed E-state index contributed by atoms with van der Waals surface area (Å²) in [6.07, 6.45) is 5.27. The summed E-state index contributed by atoms with van der Waals surface area (Å²) < 4.78 is 0. The van der Waals surface area contributed by atoms with Gasteiger partial charge in [0.2, 0.25) is 0 Å². The Morgan fingerprint density at radius 1 is 1.05 bits per heavy atom. The molecule has 2 nitrogen and oxygen atoms in total. The number of hydrogen-bond donors (Lipinski definition) is 1. The molecule has 1 aromatic rings. The van der Waals surface area contributed by atoms with Crippen LogP contribution in [0.4, 0.5) is 0 Å². The van der Waals surface area contributed by atoms with Crippen molar-refractivity contribution in [3.8, 4) is 0 Å². The van der Waals surface area contributed by atoms with Crippen LogP contribution in [0.5, 0.6) is 0 Å². The van der Waals surface area contributed by atoms with Crippen molar-refractivity contribution in [2.24, 2.45) is 0 Å². The second kappa shape index (κ2) is 6.93. The van der Waals surface area contributed by atoms with Gasteiger partial charge in [0.1, 0.15) is 0 Å². The summed E-state index contributed by atoms with van der Waals surface area (Å²) in [4.78, 5) is 2.54. The van der Waals surface area contributed by atoms with Crippen molar-refractivity contribution in [2.75, 3.05) is 14.1 Å². The third-order valence-electron chi connectivity index (χ3n) is 4.98. The van der Waals surface area contributed by atoms with E-state index >= 15 is 0 Å². The van der Waals surface area contributed by atoms with Crippen molar-refractivity contribution in [2.45, 2.75) is 70.5 Å². The molecule has 0 bridgehead atoms. The van der Waals surface area contributed by atoms with Crippen LogP contribution < -0.4 is 5.32 Å². The molecule has 0 aromatic heterocycles. The van der Waals surface area contributed by atoms with Crippen molar-refractivity contribution < 1.29 is 0 Å². The molecule has 1 aliphatic carbocycles. The summed E-state index contributed by atoms with van der Waals surface area (Å²) >= 11 is 0. The number of rotatable bonds is 4. The quantitative estimate of drug-likeness (QED) is 0.902. The Morgan fingerprint density at radius 3 is 2.10 bits per heavy atom. The largest absolute Gasteiger partial charge is 0.317 e. The lowest BCUT2D eigenvalue weighted by Gasteiger charge is -2.34. The first-order valence-corrected chi connectivity index (χ1v) is 8.37. The molecule has 1 fully saturated rings. The van der Waals surface area contributed by atoms with Crippen molar-refractivity contribution in [3.63, 3.8) is 0 Å². The normalized spacial score (nSPS) is 23.5. The number of hydrogen-bond acceptors (Lipinski definition) is 2. The van der Waals surface area contributed by atoms with Crippen molar-refractivity contribution in [1.29, 1.82) is 0 Å². The summed E-state index contributed by atoms with van der Waals surface area (Å²) in [7, 11) is 4.37. The van der Waals surface area contributed by atoms with Gasteiger partial charge in [0, 0.05) is 18.6 Å². The standard InChI is InChI=1S/C19H32N2/c1-19(2,3)16-8-6-15(7-9-16)14-21(5)18-12-10-17(20-4)11-13-18/h6-9,17-18,20H,10-14H2,1-5H3. The Bertz CT molecular complexity index is 422. The molecule has 0 amide bonds. The lowest BCUT2D eigenvalue weighted by molar-refractivity contribution is 0.170. The molecule has 2 rings (SSSR count). The van der Waals surface area contributed by atoms with Gasteiger partial charge in [0.05, 0.1) is 0 Å². The van der Waals surface area contributed by atoms with E-state index in [1.807, 2.05) is 0 Å². The van der Waals surface area contributed by atoms with Gasteiger partial charge in [-0.05, 0) is 56.3 Å². The van der Waals surface area contributed by atoms with Crippen molar-refractivity contribution in [3.05, 3.63) is 35.4 Å². The van der Waals surface area contributed by atoms with Gasteiger partial charge in [-0.3, -0.25) is 4.90 Å². The van der Waals surface area contributed by atoms with Gasteiger partial charge in [-0.2, -0.15) is 0 Å². The molecular weight excluding hydrogens is 256 g/mol. The number of benzene rings is 1. The molecular formula is C19H32N2. The molecule has 0 atom stereocenters. The van der Waals surface area contributed by atoms with Crippen molar-refractivity contribution in [1.82, 2.24) is 10.2 Å². The van der Waals surface area contributed by atoms with Crippen LogP contribution in [0.3, 0.4) is 0 Å². The minimum Gasteiger partial charge on any atom is -0.317 e. The summed E-state index contributed by atoms with van der Waals surface area (Å²) in [6.45, 7) is 7.89. The highest BCUT2D eigenvalue weighted by Gasteiger charge is 2.23. The second-order valence-corrected chi connectivity index (χ2v) is 7.66. The first-order valence-electron chi connectivity index (χ1n) is 8.37. The van der Waals surface area contributed by atoms with E-state index in [0.717, 1.165) is 18.6 Å². The lowest BCUT2D eigenvalue weighted by atomic mass is 9.86. The maximum atomic E-state index is 3.41. The Kier molecular flexibility index (Phi) is 5.45.